The summed E-state index contributed by atoms with van der Waals surface area (Å²) in [6.07, 6.45) is 6.94. The molecule has 0 aromatic carbocycles. The Morgan fingerprint density at radius 2 is 2.00 bits per heavy atom. The van der Waals surface area contributed by atoms with E-state index in [2.05, 4.69) is 15.3 Å². The molecule has 0 atom stereocenters. The molecule has 0 unspecified atom stereocenters. The molecule has 1 aliphatic heterocycles. The first-order valence-electron chi connectivity index (χ1n) is 8.39. The molecule has 0 aliphatic carbocycles. The molecule has 130 valence electrons. The maximum Gasteiger partial charge on any atom is 0.214 e. The molecule has 2 aromatic rings. The van der Waals surface area contributed by atoms with Crippen LogP contribution in [0.25, 0.3) is 10.9 Å². The van der Waals surface area contributed by atoms with Crippen molar-refractivity contribution in [2.24, 2.45) is 5.92 Å². The van der Waals surface area contributed by atoms with Gasteiger partial charge in [0.25, 0.3) is 0 Å². The molecular weight excluding hydrogens is 324 g/mol. The third-order valence-electron chi connectivity index (χ3n) is 4.29. The number of hydrogen-bond acceptors (Lipinski definition) is 5. The van der Waals surface area contributed by atoms with Crippen LogP contribution in [0.1, 0.15) is 26.7 Å². The van der Waals surface area contributed by atoms with E-state index in [-0.39, 0.29) is 17.7 Å². The van der Waals surface area contributed by atoms with Crippen molar-refractivity contribution in [3.8, 4) is 0 Å². The monoisotopic (exact) mass is 348 g/mol. The quantitative estimate of drug-likeness (QED) is 0.898. The molecule has 1 saturated heterocycles. The van der Waals surface area contributed by atoms with Crippen LogP contribution in [0.3, 0.4) is 0 Å². The smallest absolute Gasteiger partial charge is 0.214 e. The molecule has 1 fully saturated rings. The molecule has 1 N–H and O–H groups in total. The highest BCUT2D eigenvalue weighted by molar-refractivity contribution is 7.89. The summed E-state index contributed by atoms with van der Waals surface area (Å²) in [4.78, 5) is 8.51. The van der Waals surface area contributed by atoms with Crippen LogP contribution >= 0.6 is 0 Å². The van der Waals surface area contributed by atoms with Gasteiger partial charge in [0.2, 0.25) is 10.0 Å². The van der Waals surface area contributed by atoms with E-state index < -0.39 is 10.0 Å². The van der Waals surface area contributed by atoms with Gasteiger partial charge in [-0.15, -0.1) is 0 Å². The second-order valence-electron chi connectivity index (χ2n) is 6.74. The van der Waals surface area contributed by atoms with Gasteiger partial charge in [0.05, 0.1) is 11.3 Å². The summed E-state index contributed by atoms with van der Waals surface area (Å²) in [6.45, 7) is 5.03. The summed E-state index contributed by atoms with van der Waals surface area (Å²) >= 11 is 0. The zero-order valence-corrected chi connectivity index (χ0v) is 15.0. The number of pyridine rings is 2. The second-order valence-corrected chi connectivity index (χ2v) is 8.75. The third-order valence-corrected chi connectivity index (χ3v) is 6.53. The van der Waals surface area contributed by atoms with Gasteiger partial charge in [-0.25, -0.2) is 12.7 Å². The lowest BCUT2D eigenvalue weighted by Gasteiger charge is -2.32. The molecule has 6 nitrogen and oxygen atoms in total. The van der Waals surface area contributed by atoms with Crippen molar-refractivity contribution in [1.82, 2.24) is 14.3 Å². The fraction of sp³-hybridized carbons (Fsp3) is 0.529. The topological polar surface area (TPSA) is 75.2 Å². The molecule has 0 amide bonds. The third kappa shape index (κ3) is 3.84. The van der Waals surface area contributed by atoms with E-state index in [1.165, 1.54) is 0 Å². The Labute approximate surface area is 143 Å². The Bertz CT molecular complexity index is 794. The molecule has 2 aromatic heterocycles. The average molecular weight is 348 g/mol. The van der Waals surface area contributed by atoms with Crippen LogP contribution in [0.5, 0.6) is 0 Å². The number of nitrogens with zero attached hydrogens (tertiary/aromatic N) is 3. The second kappa shape index (κ2) is 7.03. The number of fused-ring (bicyclic) bond motifs is 1. The van der Waals surface area contributed by atoms with Crippen LogP contribution < -0.4 is 5.32 Å². The lowest BCUT2D eigenvalue weighted by molar-refractivity contribution is 0.328. The molecule has 0 bridgehead atoms. The maximum absolute atomic E-state index is 12.3. The van der Waals surface area contributed by atoms with Crippen molar-refractivity contribution in [3.05, 3.63) is 30.7 Å². The molecule has 0 spiro atoms. The number of anilines is 1. The number of nitrogens with one attached hydrogen (secondary N) is 1. The lowest BCUT2D eigenvalue weighted by atomic mass is 10.1. The fourth-order valence-corrected chi connectivity index (χ4v) is 4.96. The van der Waals surface area contributed by atoms with Gasteiger partial charge in [0.1, 0.15) is 0 Å². The van der Waals surface area contributed by atoms with Crippen molar-refractivity contribution in [2.45, 2.75) is 32.7 Å². The minimum Gasteiger partial charge on any atom is -0.382 e. The predicted octanol–water partition coefficient (Wildman–Crippen LogP) is 2.49. The molecule has 24 heavy (non-hydrogen) atoms. The maximum atomic E-state index is 12.3. The molecule has 3 rings (SSSR count). The van der Waals surface area contributed by atoms with E-state index in [1.807, 2.05) is 32.2 Å². The normalized spacial score (nSPS) is 17.5. The number of rotatable bonds is 5. The Kier molecular flexibility index (Phi) is 5.01. The van der Waals surface area contributed by atoms with Crippen LogP contribution in [0.2, 0.25) is 0 Å². The van der Waals surface area contributed by atoms with Gasteiger partial charge < -0.3 is 5.32 Å². The van der Waals surface area contributed by atoms with Gasteiger partial charge in [-0.05, 0) is 30.9 Å². The zero-order chi connectivity index (χ0) is 17.2. The van der Waals surface area contributed by atoms with Gasteiger partial charge in [0.15, 0.2) is 0 Å². The van der Waals surface area contributed by atoms with Crippen LogP contribution in [0.15, 0.2) is 30.7 Å². The van der Waals surface area contributed by atoms with Crippen LogP contribution in [-0.2, 0) is 10.0 Å². The highest BCUT2D eigenvalue weighted by Gasteiger charge is 2.28. The largest absolute Gasteiger partial charge is 0.382 e. The van der Waals surface area contributed by atoms with E-state index in [1.54, 1.807) is 16.7 Å². The van der Waals surface area contributed by atoms with E-state index in [9.17, 15) is 8.42 Å². The van der Waals surface area contributed by atoms with Crippen molar-refractivity contribution < 1.29 is 8.42 Å². The summed E-state index contributed by atoms with van der Waals surface area (Å²) < 4.78 is 26.3. The molecular formula is C17H24N4O2S. The minimum atomic E-state index is -3.13. The summed E-state index contributed by atoms with van der Waals surface area (Å²) in [6, 6.07) is 4.11. The molecule has 3 heterocycles. The van der Waals surface area contributed by atoms with Gasteiger partial charge in [-0.2, -0.15) is 0 Å². The summed E-state index contributed by atoms with van der Waals surface area (Å²) in [5.41, 5.74) is 1.92. The first kappa shape index (κ1) is 17.1. The molecule has 1 aliphatic rings. The van der Waals surface area contributed by atoms with Crippen molar-refractivity contribution in [2.75, 3.05) is 24.2 Å². The number of sulfonamides is 1. The Morgan fingerprint density at radius 3 is 2.71 bits per heavy atom. The molecule has 0 saturated carbocycles. The first-order valence-corrected chi connectivity index (χ1v) is 10.00. The van der Waals surface area contributed by atoms with Crippen LogP contribution in [0.4, 0.5) is 5.69 Å². The Morgan fingerprint density at radius 1 is 1.25 bits per heavy atom. The van der Waals surface area contributed by atoms with E-state index >= 15 is 0 Å². The van der Waals surface area contributed by atoms with Crippen molar-refractivity contribution in [3.63, 3.8) is 0 Å². The number of hydrogen-bond donors (Lipinski definition) is 1. The lowest BCUT2D eigenvalue weighted by Crippen LogP contribution is -2.43. The summed E-state index contributed by atoms with van der Waals surface area (Å²) in [7, 11) is -3.13. The van der Waals surface area contributed by atoms with Gasteiger partial charge >= 0.3 is 0 Å². The Balaban J connectivity index is 1.65. The Hall–Kier alpha value is -1.73. The minimum absolute atomic E-state index is 0.154. The van der Waals surface area contributed by atoms with E-state index in [0.29, 0.717) is 13.1 Å². The van der Waals surface area contributed by atoms with E-state index in [4.69, 9.17) is 0 Å². The predicted molar refractivity (Wildman–Crippen MR) is 96.4 cm³/mol. The standard InChI is InChI=1S/C17H24N4O2S/c1-13(2)12-24(22,23)21-9-5-14(6-10-21)20-17-4-8-19-16-3-7-18-11-15(16)17/h3-4,7-8,11,13-14H,5-6,9-10,12H2,1-2H3,(H,19,20). The highest BCUT2D eigenvalue weighted by Crippen LogP contribution is 2.24. The molecule has 0 radical (unpaired) electrons. The molecule has 7 heteroatoms. The van der Waals surface area contributed by atoms with Gasteiger partial charge in [-0.3, -0.25) is 9.97 Å². The zero-order valence-electron chi connectivity index (χ0n) is 14.1. The highest BCUT2D eigenvalue weighted by atomic mass is 32.2. The SMILES string of the molecule is CC(C)CS(=O)(=O)N1CCC(Nc2ccnc3ccncc23)CC1. The average Bonchev–Trinajstić information content (AvgIpc) is 2.54. The van der Waals surface area contributed by atoms with Crippen molar-refractivity contribution in [1.29, 1.82) is 0 Å². The van der Waals surface area contributed by atoms with E-state index in [0.717, 1.165) is 29.4 Å². The summed E-state index contributed by atoms with van der Waals surface area (Å²) in [5, 5.41) is 4.53. The number of aromatic nitrogens is 2. The van der Waals surface area contributed by atoms with Crippen molar-refractivity contribution >= 4 is 26.6 Å². The van der Waals surface area contributed by atoms with Gasteiger partial charge in [0, 0.05) is 48.8 Å². The number of piperidine rings is 1. The first-order chi connectivity index (χ1) is 11.5. The van der Waals surface area contributed by atoms with Gasteiger partial charge in [-0.1, -0.05) is 13.8 Å². The fourth-order valence-electron chi connectivity index (χ4n) is 3.14. The van der Waals surface area contributed by atoms with Crippen LogP contribution in [-0.4, -0.2) is 47.6 Å². The summed E-state index contributed by atoms with van der Waals surface area (Å²) in [5.74, 6) is 0.382. The van der Waals surface area contributed by atoms with Crippen LogP contribution in [0, 0.1) is 5.92 Å².